The molecular weight excluding hydrogens is 490 g/mol. The van der Waals surface area contributed by atoms with Crippen LogP contribution >= 0.6 is 11.8 Å². The second-order valence-corrected chi connectivity index (χ2v) is 10.1. The standard InChI is InChI=1S/C27H35N5O4S/c1-4-30-19-25(33)31-23(14-15-37-3)26(34)29(17-21-10-12-22(36-2)13-11-21)18-24(31)32(30)27(35)28-16-20-8-6-5-7-9-20/h5-13,23-24H,4,14-19H2,1-3H3,(H,28,35)/t23-,24-/m0/s1. The number of hydrazine groups is 1. The number of carbonyl (C=O) groups excluding carboxylic acids is 3. The Labute approximate surface area is 222 Å². The molecule has 2 heterocycles. The first-order valence-electron chi connectivity index (χ1n) is 12.5. The van der Waals surface area contributed by atoms with Crippen molar-refractivity contribution >= 4 is 29.6 Å². The fraction of sp³-hybridized carbons (Fsp3) is 0.444. The van der Waals surface area contributed by atoms with E-state index in [1.165, 1.54) is 0 Å². The summed E-state index contributed by atoms with van der Waals surface area (Å²) in [7, 11) is 1.62. The predicted molar refractivity (Wildman–Crippen MR) is 144 cm³/mol. The number of likely N-dealkylation sites (N-methyl/N-ethyl adjacent to an activating group) is 1. The molecule has 37 heavy (non-hydrogen) atoms. The van der Waals surface area contributed by atoms with E-state index in [1.54, 1.807) is 38.7 Å². The maximum atomic E-state index is 13.7. The maximum Gasteiger partial charge on any atom is 0.334 e. The van der Waals surface area contributed by atoms with Crippen LogP contribution in [0.4, 0.5) is 4.79 Å². The van der Waals surface area contributed by atoms with Gasteiger partial charge in [0.05, 0.1) is 20.2 Å². The topological polar surface area (TPSA) is 85.4 Å². The Morgan fingerprint density at radius 2 is 1.81 bits per heavy atom. The molecule has 2 saturated heterocycles. The van der Waals surface area contributed by atoms with Gasteiger partial charge in [0.1, 0.15) is 18.0 Å². The summed E-state index contributed by atoms with van der Waals surface area (Å²) < 4.78 is 5.26. The van der Waals surface area contributed by atoms with Gasteiger partial charge < -0.3 is 19.9 Å². The van der Waals surface area contributed by atoms with E-state index in [1.807, 2.05) is 67.8 Å². The lowest BCUT2D eigenvalue weighted by molar-refractivity contribution is -0.190. The SMILES string of the molecule is CCN1CC(=O)N2[C@@H](CCSC)C(=O)N(Cc3ccc(OC)cc3)C[C@@H]2N1C(=O)NCc1ccccc1. The van der Waals surface area contributed by atoms with Gasteiger partial charge in [-0.25, -0.2) is 14.8 Å². The summed E-state index contributed by atoms with van der Waals surface area (Å²) in [6.45, 7) is 3.49. The molecule has 1 N–H and O–H groups in total. The second-order valence-electron chi connectivity index (χ2n) is 9.12. The minimum absolute atomic E-state index is 0.0628. The average molecular weight is 526 g/mol. The third-order valence-corrected chi connectivity index (χ3v) is 7.46. The van der Waals surface area contributed by atoms with Crippen LogP contribution in [0, 0.1) is 0 Å². The molecule has 2 fully saturated rings. The van der Waals surface area contributed by atoms with Crippen molar-refractivity contribution in [3.63, 3.8) is 0 Å². The monoisotopic (exact) mass is 525 g/mol. The summed E-state index contributed by atoms with van der Waals surface area (Å²) in [5.41, 5.74) is 1.95. The van der Waals surface area contributed by atoms with Crippen molar-refractivity contribution < 1.29 is 19.1 Å². The van der Waals surface area contributed by atoms with Crippen LogP contribution < -0.4 is 10.1 Å². The molecule has 0 radical (unpaired) electrons. The van der Waals surface area contributed by atoms with Crippen LogP contribution in [0.5, 0.6) is 5.75 Å². The van der Waals surface area contributed by atoms with Gasteiger partial charge in [0.15, 0.2) is 0 Å². The van der Waals surface area contributed by atoms with Crippen molar-refractivity contribution in [1.29, 1.82) is 0 Å². The van der Waals surface area contributed by atoms with Gasteiger partial charge in [0, 0.05) is 19.6 Å². The largest absolute Gasteiger partial charge is 0.497 e. The number of benzene rings is 2. The normalized spacial score (nSPS) is 20.1. The number of fused-ring (bicyclic) bond motifs is 1. The number of thioether (sulfide) groups is 1. The lowest BCUT2D eigenvalue weighted by Gasteiger charge is -2.55. The zero-order chi connectivity index (χ0) is 26.4. The fourth-order valence-electron chi connectivity index (χ4n) is 4.92. The highest BCUT2D eigenvalue weighted by molar-refractivity contribution is 7.98. The number of nitrogens with one attached hydrogen (secondary N) is 1. The van der Waals surface area contributed by atoms with Crippen molar-refractivity contribution in [2.75, 3.05) is 38.8 Å². The van der Waals surface area contributed by atoms with Crippen LogP contribution in [-0.2, 0) is 22.7 Å². The molecule has 0 unspecified atom stereocenters. The van der Waals surface area contributed by atoms with Crippen molar-refractivity contribution in [3.05, 3.63) is 65.7 Å². The Morgan fingerprint density at radius 3 is 2.46 bits per heavy atom. The number of methoxy groups -OCH3 is 1. The lowest BCUT2D eigenvalue weighted by atomic mass is 10.0. The smallest absolute Gasteiger partial charge is 0.334 e. The lowest BCUT2D eigenvalue weighted by Crippen LogP contribution is -2.76. The maximum absolute atomic E-state index is 13.7. The Morgan fingerprint density at radius 1 is 1.08 bits per heavy atom. The highest BCUT2D eigenvalue weighted by Gasteiger charge is 2.50. The number of carbonyl (C=O) groups is 3. The van der Waals surface area contributed by atoms with Gasteiger partial charge in [0.2, 0.25) is 11.8 Å². The Bertz CT molecular complexity index is 1080. The molecule has 9 nitrogen and oxygen atoms in total. The summed E-state index contributed by atoms with van der Waals surface area (Å²) in [6, 6.07) is 16.4. The van der Waals surface area contributed by atoms with E-state index in [9.17, 15) is 14.4 Å². The Kier molecular flexibility index (Phi) is 8.94. The van der Waals surface area contributed by atoms with E-state index in [4.69, 9.17) is 4.74 Å². The number of nitrogens with zero attached hydrogens (tertiary/aromatic N) is 4. The van der Waals surface area contributed by atoms with Gasteiger partial charge in [-0.3, -0.25) is 9.59 Å². The van der Waals surface area contributed by atoms with E-state index >= 15 is 0 Å². The molecule has 0 bridgehead atoms. The minimum Gasteiger partial charge on any atom is -0.497 e. The highest BCUT2D eigenvalue weighted by atomic mass is 32.2. The van der Waals surface area contributed by atoms with E-state index in [2.05, 4.69) is 5.32 Å². The van der Waals surface area contributed by atoms with Gasteiger partial charge in [-0.1, -0.05) is 49.4 Å². The highest BCUT2D eigenvalue weighted by Crippen LogP contribution is 2.29. The van der Waals surface area contributed by atoms with E-state index in [-0.39, 0.29) is 30.9 Å². The first-order valence-corrected chi connectivity index (χ1v) is 13.9. The molecule has 4 rings (SSSR count). The molecule has 4 amide bonds. The van der Waals surface area contributed by atoms with Crippen molar-refractivity contribution in [3.8, 4) is 5.75 Å². The zero-order valence-corrected chi connectivity index (χ0v) is 22.4. The Hall–Kier alpha value is -3.24. The van der Waals surface area contributed by atoms with Crippen molar-refractivity contribution in [1.82, 2.24) is 25.1 Å². The van der Waals surface area contributed by atoms with Crippen LogP contribution in [-0.4, -0.2) is 88.6 Å². The van der Waals surface area contributed by atoms with Crippen LogP contribution in [0.15, 0.2) is 54.6 Å². The number of ether oxygens (including phenoxy) is 1. The van der Waals surface area contributed by atoms with Crippen LogP contribution in [0.3, 0.4) is 0 Å². The number of hydrogen-bond donors (Lipinski definition) is 1. The Balaban J connectivity index is 1.61. The number of hydrogen-bond acceptors (Lipinski definition) is 6. The van der Waals surface area contributed by atoms with Gasteiger partial charge >= 0.3 is 6.03 Å². The quantitative estimate of drug-likeness (QED) is 0.542. The van der Waals surface area contributed by atoms with E-state index < -0.39 is 12.2 Å². The second kappa shape index (κ2) is 12.3. The summed E-state index contributed by atoms with van der Waals surface area (Å²) in [5.74, 6) is 1.28. The third kappa shape index (κ3) is 6.02. The minimum atomic E-state index is -0.611. The molecule has 2 atom stereocenters. The molecule has 0 saturated carbocycles. The van der Waals surface area contributed by atoms with Crippen LogP contribution in [0.1, 0.15) is 24.5 Å². The molecule has 2 aliphatic rings. The zero-order valence-electron chi connectivity index (χ0n) is 21.6. The molecule has 0 aromatic heterocycles. The first-order chi connectivity index (χ1) is 18.0. The molecule has 0 spiro atoms. The van der Waals surface area contributed by atoms with E-state index in [0.29, 0.717) is 26.1 Å². The van der Waals surface area contributed by atoms with Crippen LogP contribution in [0.25, 0.3) is 0 Å². The molecule has 2 aromatic carbocycles. The number of piperazine rings is 1. The fourth-order valence-corrected chi connectivity index (χ4v) is 5.38. The number of rotatable bonds is 9. The summed E-state index contributed by atoms with van der Waals surface area (Å²) in [6.07, 6.45) is 1.94. The van der Waals surface area contributed by atoms with Crippen LogP contribution in [0.2, 0.25) is 0 Å². The third-order valence-electron chi connectivity index (χ3n) is 6.82. The van der Waals surface area contributed by atoms with Gasteiger partial charge in [-0.2, -0.15) is 11.8 Å². The first kappa shape index (κ1) is 26.8. The molecular formula is C27H35N5O4S. The molecule has 0 aliphatic carbocycles. The molecule has 2 aliphatic heterocycles. The summed E-state index contributed by atoms with van der Waals surface area (Å²) in [4.78, 5) is 44.0. The molecule has 198 valence electrons. The van der Waals surface area contributed by atoms with Gasteiger partial charge in [-0.15, -0.1) is 0 Å². The average Bonchev–Trinajstić information content (AvgIpc) is 2.92. The molecule has 10 heteroatoms. The van der Waals surface area contributed by atoms with E-state index in [0.717, 1.165) is 22.6 Å². The van der Waals surface area contributed by atoms with Gasteiger partial charge in [0.25, 0.3) is 0 Å². The number of amides is 4. The van der Waals surface area contributed by atoms with Crippen molar-refractivity contribution in [2.45, 2.75) is 38.6 Å². The predicted octanol–water partition coefficient (Wildman–Crippen LogP) is 2.78. The molecule has 2 aromatic rings. The summed E-state index contributed by atoms with van der Waals surface area (Å²) in [5, 5.41) is 6.43. The summed E-state index contributed by atoms with van der Waals surface area (Å²) >= 11 is 1.64. The number of urea groups is 1. The van der Waals surface area contributed by atoms with Crippen molar-refractivity contribution in [2.24, 2.45) is 0 Å². The van der Waals surface area contributed by atoms with Gasteiger partial charge in [-0.05, 0) is 41.7 Å².